The molecule has 0 aliphatic rings. The van der Waals surface area contributed by atoms with E-state index in [-0.39, 0.29) is 37.5 Å². The molecule has 8 rings (SSSR count). The first-order valence-electron chi connectivity index (χ1n) is 33.6. The first kappa shape index (κ1) is 32.5. The van der Waals surface area contributed by atoms with E-state index in [9.17, 15) is 7.85 Å². The number of phenolic OH excluding ortho intramolecular Hbond substituents is 1. The predicted octanol–water partition coefficient (Wildman–Crippen LogP) is 18.0. The van der Waals surface area contributed by atoms with E-state index in [1.165, 1.54) is 4.57 Å². The Hall–Kier alpha value is -5.57. The van der Waals surface area contributed by atoms with Crippen molar-refractivity contribution < 1.29 is 53.6 Å². The van der Waals surface area contributed by atoms with E-state index in [1.807, 2.05) is 129 Å². The van der Waals surface area contributed by atoms with Crippen LogP contribution in [0.1, 0.15) is 185 Å². The number of pyridine rings is 1. The van der Waals surface area contributed by atoms with Gasteiger partial charge in [-0.15, -0.1) is 29.3 Å². The van der Waals surface area contributed by atoms with Gasteiger partial charge in [-0.3, -0.25) is 9.55 Å². The molecule has 0 aliphatic carbocycles. The Morgan fingerprint density at radius 2 is 1.10 bits per heavy atom. The van der Waals surface area contributed by atoms with Crippen molar-refractivity contribution in [2.75, 3.05) is 0 Å². The summed E-state index contributed by atoms with van der Waals surface area (Å²) in [5, 5.41) is 13.4. The number of fused-ring (bicyclic) bond motifs is 1. The van der Waals surface area contributed by atoms with E-state index in [2.05, 4.69) is 51.1 Å². The first-order valence-corrected chi connectivity index (χ1v) is 23.6. The number of aromatic nitrogens is 3. The molecule has 0 saturated heterocycles. The van der Waals surface area contributed by atoms with Gasteiger partial charge in [-0.05, 0) is 107 Å². The number of nitrogens with zero attached hydrogens (tertiary/aromatic N) is 3. The van der Waals surface area contributed by atoms with Crippen molar-refractivity contribution in [2.45, 2.75) is 157 Å². The van der Waals surface area contributed by atoms with Gasteiger partial charge >= 0.3 is 0 Å². The Balaban J connectivity index is 0.0000118. The maximum absolute atomic E-state index is 13.4. The van der Waals surface area contributed by atoms with Crippen LogP contribution in [0.2, 0.25) is 0 Å². The van der Waals surface area contributed by atoms with E-state index >= 15 is 0 Å². The first-order chi connectivity index (χ1) is 40.8. The molecular weight excluding hydrogens is 1050 g/mol. The number of imidazole rings is 1. The Kier molecular flexibility index (Phi) is 8.60. The molecule has 0 unspecified atom stereocenters. The molecule has 2 heterocycles. The summed E-state index contributed by atoms with van der Waals surface area (Å²) < 4.78 is 182. The zero-order chi connectivity index (χ0) is 67.8. The minimum Gasteiger partial charge on any atom is -0.507 e. The van der Waals surface area contributed by atoms with Gasteiger partial charge in [0.1, 0.15) is 11.6 Å². The fourth-order valence-electron chi connectivity index (χ4n) is 8.88. The van der Waals surface area contributed by atoms with Crippen molar-refractivity contribution in [1.82, 2.24) is 14.5 Å². The van der Waals surface area contributed by atoms with Gasteiger partial charge in [0.15, 0.2) is 0 Å². The molecule has 0 atom stereocenters. The van der Waals surface area contributed by atoms with Gasteiger partial charge in [-0.1, -0.05) is 214 Å². The van der Waals surface area contributed by atoms with Crippen molar-refractivity contribution in [3.05, 3.63) is 167 Å². The van der Waals surface area contributed by atoms with Crippen LogP contribution < -0.4 is 0 Å². The van der Waals surface area contributed by atoms with Crippen LogP contribution in [0.3, 0.4) is 0 Å². The third-order valence-electron chi connectivity index (χ3n) is 12.8. The molecule has 6 aromatic carbocycles. The van der Waals surface area contributed by atoms with Crippen LogP contribution in [0.5, 0.6) is 5.75 Å². The van der Waals surface area contributed by atoms with E-state index in [4.69, 9.17) is 34.6 Å². The molecule has 4 nitrogen and oxygen atoms in total. The predicted molar refractivity (Wildman–Crippen MR) is 299 cm³/mol. The third kappa shape index (κ3) is 10.8. The Morgan fingerprint density at radius 1 is 0.507 bits per heavy atom. The maximum Gasteiger partial charge on any atom is 0.148 e. The summed E-state index contributed by atoms with van der Waals surface area (Å²) in [4.78, 5) is 10.1. The normalized spacial score (nSPS) is 18.1. The number of benzene rings is 6. The van der Waals surface area contributed by atoms with E-state index in [0.717, 1.165) is 33.4 Å². The topological polar surface area (TPSA) is 50.9 Å². The molecule has 0 radical (unpaired) electrons. The zero-order valence-corrected chi connectivity index (χ0v) is 44.8. The number of phenols is 1. The molecule has 0 bridgehead atoms. The van der Waals surface area contributed by atoms with Crippen molar-refractivity contribution >= 4 is 11.0 Å². The van der Waals surface area contributed by atoms with E-state index in [1.54, 1.807) is 24.4 Å². The molecule has 1 N–H and O–H groups in total. The Morgan fingerprint density at radius 3 is 1.68 bits per heavy atom. The minimum absolute atomic E-state index is 0. The summed E-state index contributed by atoms with van der Waals surface area (Å²) in [5.74, 6) is -2.33. The number of rotatable bonds is 6. The minimum atomic E-state index is -4.44. The van der Waals surface area contributed by atoms with Gasteiger partial charge in [-0.25, -0.2) is 4.98 Å². The van der Waals surface area contributed by atoms with Gasteiger partial charge in [0.05, 0.1) is 25.0 Å². The molecule has 8 aromatic rings. The molecule has 0 aliphatic heterocycles. The van der Waals surface area contributed by atoms with Crippen LogP contribution in [0.15, 0.2) is 127 Å². The molecule has 0 amide bonds. The second kappa shape index (κ2) is 18.8. The fraction of sp³-hybridized carbons (Fsp3) is 0.364. The molecule has 5 heteroatoms. The van der Waals surface area contributed by atoms with Crippen molar-refractivity contribution in [2.24, 2.45) is 0 Å². The average molecular weight is 1140 g/mol. The third-order valence-corrected chi connectivity index (χ3v) is 12.8. The van der Waals surface area contributed by atoms with Gasteiger partial charge < -0.3 is 5.11 Å². The number of para-hydroxylation sites is 1. The van der Waals surface area contributed by atoms with Crippen LogP contribution >= 0.6 is 0 Å². The summed E-state index contributed by atoms with van der Waals surface area (Å²) >= 11 is 0. The summed E-state index contributed by atoms with van der Waals surface area (Å²) in [7, 11) is 0. The maximum atomic E-state index is 13.4. The fourth-order valence-corrected chi connectivity index (χ4v) is 8.88. The van der Waals surface area contributed by atoms with Gasteiger partial charge in [0.25, 0.3) is 0 Å². The molecule has 0 saturated carbocycles. The second-order valence-electron chi connectivity index (χ2n) is 22.7. The summed E-state index contributed by atoms with van der Waals surface area (Å²) in [6.45, 7) is -2.00. The van der Waals surface area contributed by atoms with Crippen molar-refractivity contribution in [3.63, 3.8) is 0 Å². The molecule has 0 spiro atoms. The van der Waals surface area contributed by atoms with Crippen molar-refractivity contribution in [1.29, 1.82) is 0 Å². The van der Waals surface area contributed by atoms with Crippen LogP contribution in [-0.4, -0.2) is 19.6 Å². The molecule has 2 aromatic heterocycles. The van der Waals surface area contributed by atoms with E-state index in [0.29, 0.717) is 39.2 Å². The number of hydrogen-bond acceptors (Lipinski definition) is 3. The molecule has 0 fully saturated rings. The monoisotopic (exact) mass is 1140 g/mol. The van der Waals surface area contributed by atoms with Crippen LogP contribution in [0, 0.1) is 6.07 Å². The molecule has 71 heavy (non-hydrogen) atoms. The van der Waals surface area contributed by atoms with Crippen LogP contribution in [-0.2, 0) is 53.6 Å². The molecule has 372 valence electrons. The van der Waals surface area contributed by atoms with Gasteiger partial charge in [-0.2, -0.15) is 0 Å². The van der Waals surface area contributed by atoms with Crippen LogP contribution in [0.4, 0.5) is 0 Å². The van der Waals surface area contributed by atoms with Gasteiger partial charge in [0, 0.05) is 63.2 Å². The SMILES string of the molecule is [2H]c1c(-c2nc3c(-c4[c-]c(-c5cc(-c6ccc(C(C)(C)C)cc6)ccn5)cc(C(C)(C)C)c4)cccc3n2-c2c(C(C)(C)C)cc(-c3ccccc3)cc2C(C)(C)C)c(O)c(C(C([2H])([2H])[2H])(C([2H])([2H])[2H])C([2H])([2H])[2H])c([2H])c1C(C([2H])([2H])[2H])(C([2H])([2H])[2H])C([2H])([2H])[2H].[Pt]. The largest absolute Gasteiger partial charge is 0.507 e. The summed E-state index contributed by atoms with van der Waals surface area (Å²) in [6.07, 6.45) is 1.70. The average Bonchev–Trinajstić information content (AvgIpc) is 1.21. The smallest absolute Gasteiger partial charge is 0.148 e. The zero-order valence-electron chi connectivity index (χ0n) is 62.6. The Bertz CT molecular complexity index is 3860. The quantitative estimate of drug-likeness (QED) is 0.169. The molecular formula is C66H76N3OPt-. The number of hydrogen-bond donors (Lipinski definition) is 1. The summed E-state index contributed by atoms with van der Waals surface area (Å²) in [6, 6.07) is 34.5. The number of aromatic hydroxyl groups is 1. The van der Waals surface area contributed by atoms with E-state index < -0.39 is 109 Å². The Labute approximate surface area is 468 Å². The van der Waals surface area contributed by atoms with Crippen molar-refractivity contribution in [3.8, 4) is 67.5 Å². The summed E-state index contributed by atoms with van der Waals surface area (Å²) in [5.41, 5.74) is -7.27. The van der Waals surface area contributed by atoms with Gasteiger partial charge in [0.2, 0.25) is 0 Å². The van der Waals surface area contributed by atoms with Crippen LogP contribution in [0.25, 0.3) is 72.7 Å². The standard InChI is InChI=1S/C66H76N3O.Pt/c1-61(2,3)47-29-27-42(28-30-47)43-31-32-67-55(38-43)46-33-45(34-48(35-46)62(4,5)6)50-25-22-26-56-57(50)68-60(51-39-49(63(7,8)9)40-54(59(51)70)66(16,17)18)69(56)58-52(64(10,11)12)36-44(37-53(58)65(13,14)15)41-23-20-19-21-24-41;/h19-32,34-40,70H,1-18H3;/q-1;/i7D3,8D3,9D3,16D3,17D3,18D3,39D,40D;. The second-order valence-corrected chi connectivity index (χ2v) is 22.7.